The fraction of sp³-hybridized carbons (Fsp3) is 0.533. The van der Waals surface area contributed by atoms with Gasteiger partial charge >= 0.3 is 6.09 Å². The van der Waals surface area contributed by atoms with E-state index in [1.54, 1.807) is 11.1 Å². The third-order valence-electron chi connectivity index (χ3n) is 3.83. The van der Waals surface area contributed by atoms with Gasteiger partial charge in [-0.3, -0.25) is 4.68 Å². The molecule has 3 rings (SSSR count). The maximum Gasteiger partial charge on any atom is 0.410 e. The number of nitrogens with two attached hydrogens (primary N) is 1. The Kier molecular flexibility index (Phi) is 4.67. The first-order valence-corrected chi connectivity index (χ1v) is 9.50. The first-order valence-electron chi connectivity index (χ1n) is 7.63. The van der Waals surface area contributed by atoms with Gasteiger partial charge in [0, 0.05) is 19.3 Å². The second kappa shape index (κ2) is 6.32. The summed E-state index contributed by atoms with van der Waals surface area (Å²) in [6, 6.07) is 0.0848. The minimum absolute atomic E-state index is 0.0848. The van der Waals surface area contributed by atoms with Gasteiger partial charge in [-0.1, -0.05) is 0 Å². The Morgan fingerprint density at radius 1 is 1.50 bits per heavy atom. The van der Waals surface area contributed by atoms with Gasteiger partial charge in [-0.05, 0) is 65.7 Å². The predicted molar refractivity (Wildman–Crippen MR) is 104 cm³/mol. The average molecular weight is 508 g/mol. The van der Waals surface area contributed by atoms with Crippen molar-refractivity contribution < 1.29 is 9.53 Å². The average Bonchev–Trinajstić information content (AvgIpc) is 3.06. The molecule has 1 fully saturated rings. The molecule has 0 bridgehead atoms. The smallest absolute Gasteiger partial charge is 0.410 e. The van der Waals surface area contributed by atoms with Crippen molar-refractivity contribution in [1.82, 2.24) is 19.7 Å². The number of likely N-dealkylation sites (tertiary alicyclic amines) is 1. The van der Waals surface area contributed by atoms with Crippen molar-refractivity contribution in [3.05, 3.63) is 14.4 Å². The fourth-order valence-corrected chi connectivity index (χ4v) is 4.06. The molecule has 2 aromatic rings. The summed E-state index contributed by atoms with van der Waals surface area (Å²) in [6.45, 7) is 6.82. The van der Waals surface area contributed by atoms with Crippen LogP contribution < -0.4 is 5.73 Å². The van der Waals surface area contributed by atoms with Crippen molar-refractivity contribution in [1.29, 1.82) is 0 Å². The van der Waals surface area contributed by atoms with Gasteiger partial charge in [-0.2, -0.15) is 5.10 Å². The zero-order chi connectivity index (χ0) is 17.6. The van der Waals surface area contributed by atoms with E-state index in [4.69, 9.17) is 10.5 Å². The Morgan fingerprint density at radius 2 is 2.21 bits per heavy atom. The number of amides is 1. The van der Waals surface area contributed by atoms with Crippen molar-refractivity contribution in [3.63, 3.8) is 0 Å². The highest BCUT2D eigenvalue weighted by Gasteiger charge is 2.32. The van der Waals surface area contributed by atoms with E-state index >= 15 is 0 Å². The Labute approximate surface area is 162 Å². The van der Waals surface area contributed by atoms with Crippen LogP contribution in [0.2, 0.25) is 0 Å². The van der Waals surface area contributed by atoms with Crippen LogP contribution in [0.3, 0.4) is 0 Å². The summed E-state index contributed by atoms with van der Waals surface area (Å²) in [5, 5.41) is 5.48. The van der Waals surface area contributed by atoms with E-state index in [2.05, 4.69) is 48.6 Å². The molecule has 0 unspecified atom stereocenters. The number of fused-ring (bicyclic) bond motifs is 1. The standard InChI is InChI=1S/C15H19BrIN5O2/c1-15(2,3)24-14(23)21-5-4-8(7-21)22-11-9(16)6-19-13(18)10(11)12(17)20-22/h6,8H,4-5,7H2,1-3H3,(H2,18,19)/t8-/m0/s1. The van der Waals surface area contributed by atoms with Crippen LogP contribution in [-0.2, 0) is 4.74 Å². The third kappa shape index (κ3) is 3.32. The van der Waals surface area contributed by atoms with Gasteiger partial charge in [0.2, 0.25) is 0 Å². The van der Waals surface area contributed by atoms with Crippen molar-refractivity contribution in [2.45, 2.75) is 38.8 Å². The molecule has 1 aliphatic heterocycles. The number of hydrogen-bond donors (Lipinski definition) is 1. The number of aromatic nitrogens is 3. The Morgan fingerprint density at radius 3 is 2.88 bits per heavy atom. The number of nitrogens with zero attached hydrogens (tertiary/aromatic N) is 4. The molecule has 0 aromatic carbocycles. The molecule has 0 saturated carbocycles. The van der Waals surface area contributed by atoms with Crippen LogP contribution >= 0.6 is 38.5 Å². The summed E-state index contributed by atoms with van der Waals surface area (Å²) < 4.78 is 9.06. The molecule has 130 valence electrons. The predicted octanol–water partition coefficient (Wildman–Crippen LogP) is 3.56. The van der Waals surface area contributed by atoms with Crippen LogP contribution in [0.15, 0.2) is 10.7 Å². The van der Waals surface area contributed by atoms with Crippen LogP contribution in [0.1, 0.15) is 33.2 Å². The molecule has 1 aliphatic rings. The summed E-state index contributed by atoms with van der Waals surface area (Å²) in [6.07, 6.45) is 2.23. The van der Waals surface area contributed by atoms with Crippen molar-refractivity contribution in [2.75, 3.05) is 18.8 Å². The lowest BCUT2D eigenvalue weighted by atomic mass is 10.2. The topological polar surface area (TPSA) is 86.3 Å². The highest BCUT2D eigenvalue weighted by Crippen LogP contribution is 2.34. The second-order valence-electron chi connectivity index (χ2n) is 6.82. The van der Waals surface area contributed by atoms with E-state index in [0.717, 1.165) is 25.5 Å². The van der Waals surface area contributed by atoms with Crippen molar-refractivity contribution in [3.8, 4) is 0 Å². The molecular formula is C15H19BrIN5O2. The molecule has 1 atom stereocenters. The van der Waals surface area contributed by atoms with Crippen molar-refractivity contribution >= 4 is 61.3 Å². The highest BCUT2D eigenvalue weighted by atomic mass is 127. The molecule has 0 spiro atoms. The third-order valence-corrected chi connectivity index (χ3v) is 5.16. The minimum Gasteiger partial charge on any atom is -0.444 e. The molecule has 1 amide bonds. The number of halogens is 2. The summed E-state index contributed by atoms with van der Waals surface area (Å²) in [4.78, 5) is 18.2. The van der Waals surface area contributed by atoms with Crippen LogP contribution in [-0.4, -0.2) is 44.4 Å². The van der Waals surface area contributed by atoms with E-state index in [9.17, 15) is 4.79 Å². The van der Waals surface area contributed by atoms with Crippen molar-refractivity contribution in [2.24, 2.45) is 0 Å². The highest BCUT2D eigenvalue weighted by molar-refractivity contribution is 14.1. The lowest BCUT2D eigenvalue weighted by molar-refractivity contribution is 0.0288. The van der Waals surface area contributed by atoms with E-state index < -0.39 is 5.60 Å². The Balaban J connectivity index is 1.88. The number of rotatable bonds is 1. The Hall–Kier alpha value is -1.10. The van der Waals surface area contributed by atoms with E-state index in [0.29, 0.717) is 18.9 Å². The van der Waals surface area contributed by atoms with Crippen LogP contribution in [0, 0.1) is 3.70 Å². The SMILES string of the molecule is CC(C)(C)OC(=O)N1CC[C@H](n2nc(I)c3c(N)ncc(Br)c32)C1. The number of pyridine rings is 1. The molecule has 3 heterocycles. The maximum atomic E-state index is 12.3. The summed E-state index contributed by atoms with van der Waals surface area (Å²) in [7, 11) is 0. The van der Waals surface area contributed by atoms with Gasteiger partial charge in [0.1, 0.15) is 15.1 Å². The summed E-state index contributed by atoms with van der Waals surface area (Å²) in [5.41, 5.74) is 6.43. The lowest BCUT2D eigenvalue weighted by Crippen LogP contribution is -2.35. The molecule has 7 nitrogen and oxygen atoms in total. The van der Waals surface area contributed by atoms with Gasteiger partial charge in [0.15, 0.2) is 0 Å². The number of anilines is 1. The lowest BCUT2D eigenvalue weighted by Gasteiger charge is -2.24. The normalized spacial score (nSPS) is 18.4. The van der Waals surface area contributed by atoms with Gasteiger partial charge in [-0.25, -0.2) is 9.78 Å². The molecular weight excluding hydrogens is 489 g/mol. The zero-order valence-corrected chi connectivity index (χ0v) is 17.5. The molecule has 0 radical (unpaired) electrons. The molecule has 9 heteroatoms. The number of carbonyl (C=O) groups is 1. The molecule has 2 aromatic heterocycles. The maximum absolute atomic E-state index is 12.3. The molecule has 0 aliphatic carbocycles. The van der Waals surface area contributed by atoms with E-state index in [1.807, 2.05) is 25.5 Å². The van der Waals surface area contributed by atoms with Crippen LogP contribution in [0.25, 0.3) is 10.9 Å². The Bertz CT molecular complexity index is 801. The van der Waals surface area contributed by atoms with Crippen LogP contribution in [0.5, 0.6) is 0 Å². The number of hydrogen-bond acceptors (Lipinski definition) is 5. The summed E-state index contributed by atoms with van der Waals surface area (Å²) >= 11 is 5.70. The van der Waals surface area contributed by atoms with Gasteiger partial charge in [0.05, 0.1) is 21.4 Å². The first kappa shape index (κ1) is 17.7. The van der Waals surface area contributed by atoms with Gasteiger partial charge in [0.25, 0.3) is 0 Å². The van der Waals surface area contributed by atoms with Crippen LogP contribution in [0.4, 0.5) is 10.6 Å². The fourth-order valence-electron chi connectivity index (χ4n) is 2.81. The second-order valence-corrected chi connectivity index (χ2v) is 8.70. The minimum atomic E-state index is -0.494. The quantitative estimate of drug-likeness (QED) is 0.596. The van der Waals surface area contributed by atoms with Gasteiger partial charge < -0.3 is 15.4 Å². The number of ether oxygens (including phenoxy) is 1. The number of nitrogen functional groups attached to an aromatic ring is 1. The summed E-state index contributed by atoms with van der Waals surface area (Å²) in [5.74, 6) is 0.464. The largest absolute Gasteiger partial charge is 0.444 e. The first-order chi connectivity index (χ1) is 11.2. The van der Waals surface area contributed by atoms with E-state index in [1.165, 1.54) is 0 Å². The zero-order valence-electron chi connectivity index (χ0n) is 13.7. The molecule has 24 heavy (non-hydrogen) atoms. The van der Waals surface area contributed by atoms with E-state index in [-0.39, 0.29) is 12.1 Å². The number of carbonyl (C=O) groups excluding carboxylic acids is 1. The molecule has 1 saturated heterocycles. The van der Waals surface area contributed by atoms with Gasteiger partial charge in [-0.15, -0.1) is 0 Å². The monoisotopic (exact) mass is 507 g/mol. The molecule has 2 N–H and O–H groups in total.